The summed E-state index contributed by atoms with van der Waals surface area (Å²) in [6.45, 7) is 3.63. The van der Waals surface area contributed by atoms with E-state index in [4.69, 9.17) is 10.1 Å². The molecule has 0 atom stereocenters. The van der Waals surface area contributed by atoms with Crippen LogP contribution in [0.25, 0.3) is 0 Å². The molecule has 92 valence electrons. The molecule has 2 rings (SSSR count). The van der Waals surface area contributed by atoms with Crippen molar-refractivity contribution in [3.63, 3.8) is 0 Å². The fourth-order valence-corrected chi connectivity index (χ4v) is 1.78. The third-order valence-corrected chi connectivity index (χ3v) is 2.79. The molecule has 0 bridgehead atoms. The highest BCUT2D eigenvalue weighted by Gasteiger charge is 2.12. The molecule has 1 saturated heterocycles. The second-order valence-corrected chi connectivity index (χ2v) is 3.94. The third kappa shape index (κ3) is 3.10. The summed E-state index contributed by atoms with van der Waals surface area (Å²) in [4.78, 5) is 2.03. The molecule has 0 aliphatic carbocycles. The molecular weight excluding hydrogens is 216 g/mol. The summed E-state index contributed by atoms with van der Waals surface area (Å²) in [6.07, 6.45) is 0. The van der Waals surface area contributed by atoms with Crippen LogP contribution in [0.5, 0.6) is 5.75 Å². The highest BCUT2D eigenvalue weighted by molar-refractivity contribution is 5.91. The van der Waals surface area contributed by atoms with Gasteiger partial charge in [0.25, 0.3) is 0 Å². The Hall–Kier alpha value is -1.75. The molecule has 0 unspecified atom stereocenters. The molecule has 1 aromatic rings. The van der Waals surface area contributed by atoms with Gasteiger partial charge in [0, 0.05) is 31.9 Å². The molecule has 0 spiro atoms. The fraction of sp³-hybridized carbons (Fsp3) is 0.417. The Kier molecular flexibility index (Phi) is 3.82. The first-order valence-corrected chi connectivity index (χ1v) is 5.75. The lowest BCUT2D eigenvalue weighted by atomic mass is 10.3. The minimum Gasteiger partial charge on any atom is -0.497 e. The maximum Gasteiger partial charge on any atom is 0.195 e. The predicted octanol–water partition coefficient (Wildman–Crippen LogP) is 0.947. The van der Waals surface area contributed by atoms with Gasteiger partial charge >= 0.3 is 0 Å². The minimum atomic E-state index is 0.455. The molecule has 1 aromatic carbocycles. The monoisotopic (exact) mass is 234 g/mol. The normalized spacial score (nSPS) is 15.5. The Morgan fingerprint density at radius 1 is 1.29 bits per heavy atom. The van der Waals surface area contributed by atoms with Crippen LogP contribution in [0.4, 0.5) is 5.69 Å². The van der Waals surface area contributed by atoms with E-state index < -0.39 is 0 Å². The molecule has 0 amide bonds. The molecule has 1 aliphatic heterocycles. The van der Waals surface area contributed by atoms with Crippen LogP contribution in [0.3, 0.4) is 0 Å². The first kappa shape index (κ1) is 11.7. The highest BCUT2D eigenvalue weighted by Crippen LogP contribution is 2.15. The van der Waals surface area contributed by atoms with Crippen LogP contribution in [0.15, 0.2) is 24.3 Å². The van der Waals surface area contributed by atoms with Gasteiger partial charge in [-0.05, 0) is 24.3 Å². The summed E-state index contributed by atoms with van der Waals surface area (Å²) in [6, 6.07) is 7.59. The van der Waals surface area contributed by atoms with Gasteiger partial charge in [-0.1, -0.05) is 0 Å². The SMILES string of the molecule is COc1ccc(NC(=N)N2CCNCC2)cc1. The number of ether oxygens (including phenoxy) is 1. The Morgan fingerprint density at radius 2 is 1.94 bits per heavy atom. The number of rotatable bonds is 2. The van der Waals surface area contributed by atoms with Crippen LogP contribution in [-0.2, 0) is 0 Å². The van der Waals surface area contributed by atoms with E-state index in [1.807, 2.05) is 29.2 Å². The molecule has 1 heterocycles. The second-order valence-electron chi connectivity index (χ2n) is 3.94. The van der Waals surface area contributed by atoms with E-state index in [0.717, 1.165) is 37.6 Å². The van der Waals surface area contributed by atoms with Crippen molar-refractivity contribution in [1.82, 2.24) is 10.2 Å². The zero-order chi connectivity index (χ0) is 12.1. The summed E-state index contributed by atoms with van der Waals surface area (Å²) in [5, 5.41) is 14.3. The number of benzene rings is 1. The van der Waals surface area contributed by atoms with E-state index in [1.165, 1.54) is 0 Å². The van der Waals surface area contributed by atoms with Crippen molar-refractivity contribution < 1.29 is 4.74 Å². The zero-order valence-corrected chi connectivity index (χ0v) is 9.99. The smallest absolute Gasteiger partial charge is 0.195 e. The van der Waals surface area contributed by atoms with Crippen molar-refractivity contribution in [2.45, 2.75) is 0 Å². The number of hydrogen-bond acceptors (Lipinski definition) is 3. The lowest BCUT2D eigenvalue weighted by Crippen LogP contribution is -2.48. The van der Waals surface area contributed by atoms with Crippen LogP contribution >= 0.6 is 0 Å². The van der Waals surface area contributed by atoms with Gasteiger partial charge in [0.1, 0.15) is 5.75 Å². The largest absolute Gasteiger partial charge is 0.497 e. The molecule has 1 aliphatic rings. The first-order valence-electron chi connectivity index (χ1n) is 5.75. The summed E-state index contributed by atoms with van der Waals surface area (Å²) in [5.41, 5.74) is 0.911. The van der Waals surface area contributed by atoms with E-state index >= 15 is 0 Å². The summed E-state index contributed by atoms with van der Waals surface area (Å²) < 4.78 is 5.09. The average Bonchev–Trinajstić information content (AvgIpc) is 2.40. The quantitative estimate of drug-likeness (QED) is 0.526. The van der Waals surface area contributed by atoms with Crippen LogP contribution in [0.1, 0.15) is 0 Å². The Labute approximate surface area is 101 Å². The number of nitrogens with one attached hydrogen (secondary N) is 3. The summed E-state index contributed by atoms with van der Waals surface area (Å²) >= 11 is 0. The molecule has 0 radical (unpaired) electrons. The molecule has 0 aromatic heterocycles. The maximum absolute atomic E-state index is 7.97. The van der Waals surface area contributed by atoms with Crippen LogP contribution in [0, 0.1) is 5.41 Å². The average molecular weight is 234 g/mol. The predicted molar refractivity (Wildman–Crippen MR) is 68.8 cm³/mol. The van der Waals surface area contributed by atoms with Crippen LogP contribution in [0.2, 0.25) is 0 Å². The number of hydrogen-bond donors (Lipinski definition) is 3. The fourth-order valence-electron chi connectivity index (χ4n) is 1.78. The van der Waals surface area contributed by atoms with Crippen LogP contribution in [-0.4, -0.2) is 44.1 Å². The Bertz CT molecular complexity index is 371. The van der Waals surface area contributed by atoms with Crippen molar-refractivity contribution >= 4 is 11.6 Å². The van der Waals surface area contributed by atoms with Gasteiger partial charge in [0.15, 0.2) is 5.96 Å². The number of piperazine rings is 1. The lowest BCUT2D eigenvalue weighted by Gasteiger charge is -2.29. The van der Waals surface area contributed by atoms with E-state index in [-0.39, 0.29) is 0 Å². The number of methoxy groups -OCH3 is 1. The van der Waals surface area contributed by atoms with Gasteiger partial charge in [-0.3, -0.25) is 5.41 Å². The Balaban J connectivity index is 1.92. The molecular formula is C12H18N4O. The standard InChI is InChI=1S/C12H18N4O/c1-17-11-4-2-10(3-5-11)15-12(13)16-8-6-14-7-9-16/h2-5,14H,6-9H2,1H3,(H2,13,15). The van der Waals surface area contributed by atoms with Crippen molar-refractivity contribution in [1.29, 1.82) is 5.41 Å². The number of guanidine groups is 1. The van der Waals surface area contributed by atoms with Gasteiger partial charge in [0.2, 0.25) is 0 Å². The molecule has 5 heteroatoms. The van der Waals surface area contributed by atoms with Gasteiger partial charge < -0.3 is 20.3 Å². The molecule has 5 nitrogen and oxygen atoms in total. The van der Waals surface area contributed by atoms with Gasteiger partial charge in [-0.15, -0.1) is 0 Å². The number of anilines is 1. The topological polar surface area (TPSA) is 60.4 Å². The van der Waals surface area contributed by atoms with Gasteiger partial charge in [0.05, 0.1) is 7.11 Å². The van der Waals surface area contributed by atoms with Gasteiger partial charge in [-0.2, -0.15) is 0 Å². The molecule has 17 heavy (non-hydrogen) atoms. The van der Waals surface area contributed by atoms with E-state index in [0.29, 0.717) is 5.96 Å². The summed E-state index contributed by atoms with van der Waals surface area (Å²) in [7, 11) is 1.64. The van der Waals surface area contributed by atoms with Crippen molar-refractivity contribution in [3.8, 4) is 5.75 Å². The molecule has 3 N–H and O–H groups in total. The number of nitrogens with zero attached hydrogens (tertiary/aromatic N) is 1. The van der Waals surface area contributed by atoms with Crippen LogP contribution < -0.4 is 15.4 Å². The van der Waals surface area contributed by atoms with E-state index in [2.05, 4.69) is 10.6 Å². The van der Waals surface area contributed by atoms with Crippen molar-refractivity contribution in [2.75, 3.05) is 38.6 Å². The Morgan fingerprint density at radius 3 is 2.53 bits per heavy atom. The maximum atomic E-state index is 7.97. The first-order chi connectivity index (χ1) is 8.29. The summed E-state index contributed by atoms with van der Waals surface area (Å²) in [5.74, 6) is 1.28. The van der Waals surface area contributed by atoms with Crippen molar-refractivity contribution in [2.24, 2.45) is 0 Å². The van der Waals surface area contributed by atoms with E-state index in [9.17, 15) is 0 Å². The van der Waals surface area contributed by atoms with E-state index in [1.54, 1.807) is 7.11 Å². The van der Waals surface area contributed by atoms with Crippen molar-refractivity contribution in [3.05, 3.63) is 24.3 Å². The van der Waals surface area contributed by atoms with Gasteiger partial charge in [-0.25, -0.2) is 0 Å². The highest BCUT2D eigenvalue weighted by atomic mass is 16.5. The minimum absolute atomic E-state index is 0.455. The lowest BCUT2D eigenvalue weighted by molar-refractivity contribution is 0.355. The molecule has 1 fully saturated rings. The second kappa shape index (κ2) is 5.54. The third-order valence-electron chi connectivity index (χ3n) is 2.79. The molecule has 0 saturated carbocycles. The zero-order valence-electron chi connectivity index (χ0n) is 9.99.